The third-order valence-corrected chi connectivity index (χ3v) is 3.54. The van der Waals surface area contributed by atoms with Crippen LogP contribution < -0.4 is 0 Å². The minimum Gasteiger partial charge on any atom is -0.467 e. The lowest BCUT2D eigenvalue weighted by Crippen LogP contribution is -2.42. The van der Waals surface area contributed by atoms with Crippen molar-refractivity contribution >= 4 is 0 Å². The molecule has 1 unspecified atom stereocenters. The molecule has 2 rings (SSSR count). The number of likely N-dealkylation sites (tertiary alicyclic amines) is 1. The molecule has 0 spiro atoms. The van der Waals surface area contributed by atoms with Crippen LogP contribution in [0.5, 0.6) is 0 Å². The van der Waals surface area contributed by atoms with E-state index in [4.69, 9.17) is 13.9 Å². The van der Waals surface area contributed by atoms with Crippen molar-refractivity contribution in [2.45, 2.75) is 38.6 Å². The van der Waals surface area contributed by atoms with Crippen molar-refractivity contribution in [3.63, 3.8) is 0 Å². The van der Waals surface area contributed by atoms with Gasteiger partial charge in [-0.1, -0.05) is 0 Å². The predicted molar refractivity (Wildman–Crippen MR) is 75.5 cm³/mol. The van der Waals surface area contributed by atoms with E-state index in [9.17, 15) is 5.11 Å². The Labute approximate surface area is 120 Å². The van der Waals surface area contributed by atoms with Gasteiger partial charge >= 0.3 is 0 Å². The summed E-state index contributed by atoms with van der Waals surface area (Å²) in [4.78, 5) is 2.27. The van der Waals surface area contributed by atoms with Gasteiger partial charge in [-0.05, 0) is 31.9 Å². The summed E-state index contributed by atoms with van der Waals surface area (Å²) >= 11 is 0. The van der Waals surface area contributed by atoms with Crippen molar-refractivity contribution in [2.24, 2.45) is 0 Å². The Morgan fingerprint density at radius 3 is 2.90 bits per heavy atom. The molecule has 0 saturated carbocycles. The molecule has 5 heteroatoms. The molecule has 1 aliphatic heterocycles. The Balaban J connectivity index is 1.57. The zero-order valence-corrected chi connectivity index (χ0v) is 12.2. The first-order valence-electron chi connectivity index (χ1n) is 7.40. The first-order valence-corrected chi connectivity index (χ1v) is 7.40. The molecular weight excluding hydrogens is 258 g/mol. The van der Waals surface area contributed by atoms with Gasteiger partial charge in [0.1, 0.15) is 12.4 Å². The molecule has 1 N–H and O–H groups in total. The van der Waals surface area contributed by atoms with Gasteiger partial charge in [0.2, 0.25) is 0 Å². The van der Waals surface area contributed by atoms with Crippen LogP contribution in [0.3, 0.4) is 0 Å². The van der Waals surface area contributed by atoms with Gasteiger partial charge in [-0.25, -0.2) is 0 Å². The fraction of sp³-hybridized carbons (Fsp3) is 0.733. The molecule has 1 atom stereocenters. The number of hydrogen-bond donors (Lipinski definition) is 1. The molecule has 2 heterocycles. The van der Waals surface area contributed by atoms with E-state index in [1.807, 2.05) is 19.1 Å². The molecule has 1 aliphatic rings. The Morgan fingerprint density at radius 2 is 2.25 bits per heavy atom. The SMILES string of the molecule is CCOC1CCN(CC(O)COCc2ccco2)CC1. The van der Waals surface area contributed by atoms with Crippen LogP contribution >= 0.6 is 0 Å². The Morgan fingerprint density at radius 1 is 1.45 bits per heavy atom. The van der Waals surface area contributed by atoms with Crippen LogP contribution in [0.4, 0.5) is 0 Å². The van der Waals surface area contributed by atoms with Gasteiger partial charge in [-0.2, -0.15) is 0 Å². The monoisotopic (exact) mass is 283 g/mol. The standard InChI is InChI=1S/C15H25NO4/c1-2-19-14-5-7-16(8-6-14)10-13(17)11-18-12-15-4-3-9-20-15/h3-4,9,13-14,17H,2,5-8,10-12H2,1H3. The maximum absolute atomic E-state index is 9.97. The van der Waals surface area contributed by atoms with Crippen molar-refractivity contribution in [3.05, 3.63) is 24.2 Å². The van der Waals surface area contributed by atoms with Crippen molar-refractivity contribution in [2.75, 3.05) is 32.8 Å². The van der Waals surface area contributed by atoms with E-state index in [2.05, 4.69) is 4.90 Å². The van der Waals surface area contributed by atoms with E-state index >= 15 is 0 Å². The molecule has 0 aliphatic carbocycles. The van der Waals surface area contributed by atoms with E-state index in [-0.39, 0.29) is 0 Å². The first kappa shape index (κ1) is 15.5. The van der Waals surface area contributed by atoms with Gasteiger partial charge in [-0.15, -0.1) is 0 Å². The van der Waals surface area contributed by atoms with E-state index in [1.165, 1.54) is 0 Å². The second kappa shape index (κ2) is 8.42. The number of hydrogen-bond acceptors (Lipinski definition) is 5. The van der Waals surface area contributed by atoms with E-state index < -0.39 is 6.10 Å². The van der Waals surface area contributed by atoms with Crippen molar-refractivity contribution in [3.8, 4) is 0 Å². The molecular formula is C15H25NO4. The van der Waals surface area contributed by atoms with Crippen LogP contribution in [0.15, 0.2) is 22.8 Å². The molecule has 1 saturated heterocycles. The predicted octanol–water partition coefficient (Wildman–Crippen LogP) is 1.66. The summed E-state index contributed by atoms with van der Waals surface area (Å²) in [5.41, 5.74) is 0. The molecule has 1 aromatic rings. The Hall–Kier alpha value is -0.880. The summed E-state index contributed by atoms with van der Waals surface area (Å²) in [6.45, 7) is 6.21. The fourth-order valence-electron chi connectivity index (χ4n) is 2.54. The van der Waals surface area contributed by atoms with Gasteiger partial charge in [-0.3, -0.25) is 0 Å². The summed E-state index contributed by atoms with van der Waals surface area (Å²) in [7, 11) is 0. The molecule has 0 radical (unpaired) electrons. The lowest BCUT2D eigenvalue weighted by molar-refractivity contribution is -0.0192. The number of piperidine rings is 1. The van der Waals surface area contributed by atoms with Gasteiger partial charge in [0, 0.05) is 26.2 Å². The minimum atomic E-state index is -0.450. The summed E-state index contributed by atoms with van der Waals surface area (Å²) in [5.74, 6) is 0.787. The van der Waals surface area contributed by atoms with Crippen molar-refractivity contribution in [1.29, 1.82) is 0 Å². The van der Waals surface area contributed by atoms with E-state index in [0.717, 1.165) is 38.3 Å². The number of rotatable bonds is 8. The van der Waals surface area contributed by atoms with Crippen LogP contribution in [0, 0.1) is 0 Å². The molecule has 0 bridgehead atoms. The highest BCUT2D eigenvalue weighted by Crippen LogP contribution is 2.14. The van der Waals surface area contributed by atoms with Crippen LogP contribution in [0.25, 0.3) is 0 Å². The molecule has 20 heavy (non-hydrogen) atoms. The number of aliphatic hydroxyl groups is 1. The lowest BCUT2D eigenvalue weighted by Gasteiger charge is -2.32. The maximum Gasteiger partial charge on any atom is 0.129 e. The smallest absolute Gasteiger partial charge is 0.129 e. The third-order valence-electron chi connectivity index (χ3n) is 3.54. The first-order chi connectivity index (χ1) is 9.78. The fourth-order valence-corrected chi connectivity index (χ4v) is 2.54. The Bertz CT molecular complexity index is 347. The third kappa shape index (κ3) is 5.25. The average Bonchev–Trinajstić information content (AvgIpc) is 2.94. The van der Waals surface area contributed by atoms with Gasteiger partial charge in [0.05, 0.1) is 25.1 Å². The van der Waals surface area contributed by atoms with Crippen molar-refractivity contribution < 1.29 is 19.0 Å². The number of β-amino-alcohol motifs (C(OH)–C–C–N with tert-alkyl or cyclic N) is 1. The zero-order chi connectivity index (χ0) is 14.2. The largest absolute Gasteiger partial charge is 0.467 e. The summed E-state index contributed by atoms with van der Waals surface area (Å²) in [6, 6.07) is 3.70. The lowest BCUT2D eigenvalue weighted by atomic mass is 10.1. The maximum atomic E-state index is 9.97. The van der Waals surface area contributed by atoms with E-state index in [0.29, 0.717) is 25.9 Å². The summed E-state index contributed by atoms with van der Waals surface area (Å²) in [6.07, 6.45) is 3.66. The van der Waals surface area contributed by atoms with Gasteiger partial charge < -0.3 is 23.9 Å². The highest BCUT2D eigenvalue weighted by Gasteiger charge is 2.21. The molecule has 1 fully saturated rings. The number of nitrogens with zero attached hydrogens (tertiary/aromatic N) is 1. The molecule has 1 aromatic heterocycles. The van der Waals surface area contributed by atoms with Crippen LogP contribution in [-0.2, 0) is 16.1 Å². The molecule has 5 nitrogen and oxygen atoms in total. The van der Waals surface area contributed by atoms with Crippen molar-refractivity contribution in [1.82, 2.24) is 4.90 Å². The topological polar surface area (TPSA) is 55.1 Å². The number of furan rings is 1. The van der Waals surface area contributed by atoms with E-state index in [1.54, 1.807) is 6.26 Å². The normalized spacial score (nSPS) is 19.3. The second-order valence-corrected chi connectivity index (χ2v) is 5.20. The molecule has 0 amide bonds. The van der Waals surface area contributed by atoms with Crippen LogP contribution in [-0.4, -0.2) is 55.1 Å². The zero-order valence-electron chi connectivity index (χ0n) is 12.2. The quantitative estimate of drug-likeness (QED) is 0.786. The summed E-state index contributed by atoms with van der Waals surface area (Å²) < 4.78 is 16.2. The van der Waals surface area contributed by atoms with Gasteiger partial charge in [0.15, 0.2) is 0 Å². The minimum absolute atomic E-state index is 0.339. The highest BCUT2D eigenvalue weighted by molar-refractivity contribution is 4.96. The average molecular weight is 283 g/mol. The Kier molecular flexibility index (Phi) is 6.53. The molecule has 0 aromatic carbocycles. The highest BCUT2D eigenvalue weighted by atomic mass is 16.5. The van der Waals surface area contributed by atoms with Crippen LogP contribution in [0.2, 0.25) is 0 Å². The molecule has 114 valence electrons. The van der Waals surface area contributed by atoms with Gasteiger partial charge in [0.25, 0.3) is 0 Å². The number of aliphatic hydroxyl groups excluding tert-OH is 1. The second-order valence-electron chi connectivity index (χ2n) is 5.20. The number of ether oxygens (including phenoxy) is 2. The summed E-state index contributed by atoms with van der Waals surface area (Å²) in [5, 5.41) is 9.97. The van der Waals surface area contributed by atoms with Crippen LogP contribution in [0.1, 0.15) is 25.5 Å².